The highest BCUT2D eigenvalue weighted by atomic mass is 32.1. The molecule has 1 heterocycles. The second-order valence-corrected chi connectivity index (χ2v) is 5.45. The number of nitrogens with two attached hydrogens (primary N) is 1. The first kappa shape index (κ1) is 15.8. The first-order valence-electron chi connectivity index (χ1n) is 7.32. The SMILES string of the molecule is Cc1nc(N/C(N)=N/C(=S)Nc2ccccc2)nc2ccccc12. The van der Waals surface area contributed by atoms with Crippen LogP contribution >= 0.6 is 12.2 Å². The van der Waals surface area contributed by atoms with E-state index in [0.29, 0.717) is 5.95 Å². The van der Waals surface area contributed by atoms with Gasteiger partial charge in [0, 0.05) is 11.1 Å². The molecule has 0 bridgehead atoms. The van der Waals surface area contributed by atoms with Crippen molar-refractivity contribution >= 4 is 45.8 Å². The van der Waals surface area contributed by atoms with E-state index in [2.05, 4.69) is 25.6 Å². The third-order valence-corrected chi connectivity index (χ3v) is 3.47. The number of aliphatic imine (C=N–C) groups is 1. The van der Waals surface area contributed by atoms with Crippen molar-refractivity contribution in [3.63, 3.8) is 0 Å². The number of thiocarbonyl (C=S) groups is 1. The molecule has 0 aliphatic heterocycles. The van der Waals surface area contributed by atoms with Gasteiger partial charge in [-0.15, -0.1) is 0 Å². The van der Waals surface area contributed by atoms with Crippen LogP contribution in [0.4, 0.5) is 11.6 Å². The Hall–Kier alpha value is -3.06. The molecule has 0 amide bonds. The fourth-order valence-electron chi connectivity index (χ4n) is 2.22. The van der Waals surface area contributed by atoms with E-state index in [9.17, 15) is 0 Å². The highest BCUT2D eigenvalue weighted by molar-refractivity contribution is 7.80. The van der Waals surface area contributed by atoms with Gasteiger partial charge < -0.3 is 11.1 Å². The molecule has 0 aliphatic carbocycles. The molecule has 0 spiro atoms. The Morgan fingerprint density at radius 2 is 1.71 bits per heavy atom. The van der Waals surface area contributed by atoms with Crippen LogP contribution in [0.25, 0.3) is 10.9 Å². The molecule has 6 nitrogen and oxygen atoms in total. The van der Waals surface area contributed by atoms with Gasteiger partial charge in [-0.2, -0.15) is 4.99 Å². The molecule has 4 N–H and O–H groups in total. The fraction of sp³-hybridized carbons (Fsp3) is 0.0588. The van der Waals surface area contributed by atoms with E-state index in [0.717, 1.165) is 22.3 Å². The standard InChI is InChI=1S/C17H16N6S/c1-11-13-9-5-6-10-14(13)21-16(19-11)22-15(18)23-17(24)20-12-7-3-2-4-8-12/h2-10H,1H3,(H4,18,19,20,21,22,23,24). The van der Waals surface area contributed by atoms with E-state index in [-0.39, 0.29) is 11.1 Å². The number of aryl methyl sites for hydroxylation is 1. The lowest BCUT2D eigenvalue weighted by Crippen LogP contribution is -2.26. The van der Waals surface area contributed by atoms with Crippen LogP contribution in [-0.2, 0) is 0 Å². The van der Waals surface area contributed by atoms with Crippen molar-refractivity contribution < 1.29 is 0 Å². The number of anilines is 2. The summed E-state index contributed by atoms with van der Waals surface area (Å²) in [7, 11) is 0. The van der Waals surface area contributed by atoms with Crippen LogP contribution in [-0.4, -0.2) is 21.0 Å². The van der Waals surface area contributed by atoms with Crippen LogP contribution < -0.4 is 16.4 Å². The number of hydrogen-bond donors (Lipinski definition) is 3. The number of benzene rings is 2. The maximum Gasteiger partial charge on any atom is 0.230 e. The maximum atomic E-state index is 5.89. The number of para-hydroxylation sites is 2. The number of rotatable bonds is 2. The molecule has 3 aromatic rings. The van der Waals surface area contributed by atoms with Crippen molar-refractivity contribution in [2.24, 2.45) is 10.7 Å². The summed E-state index contributed by atoms with van der Waals surface area (Å²) in [6, 6.07) is 17.3. The zero-order chi connectivity index (χ0) is 16.9. The molecule has 7 heteroatoms. The van der Waals surface area contributed by atoms with Gasteiger partial charge in [-0.05, 0) is 37.3 Å². The minimum absolute atomic E-state index is 0.123. The second-order valence-electron chi connectivity index (χ2n) is 5.07. The smallest absolute Gasteiger partial charge is 0.230 e. The van der Waals surface area contributed by atoms with E-state index in [1.807, 2.05) is 61.5 Å². The molecule has 0 atom stereocenters. The van der Waals surface area contributed by atoms with Gasteiger partial charge in [0.1, 0.15) is 0 Å². The third kappa shape index (κ3) is 3.82. The molecule has 2 aromatic carbocycles. The summed E-state index contributed by atoms with van der Waals surface area (Å²) in [5, 5.41) is 7.11. The summed E-state index contributed by atoms with van der Waals surface area (Å²) in [6.45, 7) is 1.92. The van der Waals surface area contributed by atoms with Crippen LogP contribution in [0, 0.1) is 6.92 Å². The molecule has 24 heavy (non-hydrogen) atoms. The molecule has 0 fully saturated rings. The van der Waals surface area contributed by atoms with Gasteiger partial charge >= 0.3 is 0 Å². The Kier molecular flexibility index (Phi) is 4.62. The largest absolute Gasteiger partial charge is 0.369 e. The van der Waals surface area contributed by atoms with Crippen LogP contribution in [0.15, 0.2) is 59.6 Å². The van der Waals surface area contributed by atoms with Crippen molar-refractivity contribution in [1.82, 2.24) is 9.97 Å². The summed E-state index contributed by atoms with van der Waals surface area (Å²) in [4.78, 5) is 12.9. The molecule has 120 valence electrons. The molecule has 0 aliphatic rings. The molecule has 3 rings (SSSR count). The van der Waals surface area contributed by atoms with Gasteiger partial charge in [0.05, 0.1) is 11.2 Å². The van der Waals surface area contributed by atoms with Crippen molar-refractivity contribution in [3.8, 4) is 0 Å². The van der Waals surface area contributed by atoms with Gasteiger partial charge in [-0.25, -0.2) is 9.97 Å². The molecular weight excluding hydrogens is 320 g/mol. The number of fused-ring (bicyclic) bond motifs is 1. The third-order valence-electron chi connectivity index (χ3n) is 3.28. The topological polar surface area (TPSA) is 88.2 Å². The lowest BCUT2D eigenvalue weighted by Gasteiger charge is -2.08. The van der Waals surface area contributed by atoms with Gasteiger partial charge in [-0.3, -0.25) is 5.32 Å². The van der Waals surface area contributed by atoms with Crippen LogP contribution in [0.5, 0.6) is 0 Å². The lowest BCUT2D eigenvalue weighted by atomic mass is 10.2. The minimum atomic E-state index is 0.123. The first-order chi connectivity index (χ1) is 11.6. The minimum Gasteiger partial charge on any atom is -0.369 e. The van der Waals surface area contributed by atoms with Gasteiger partial charge in [0.2, 0.25) is 17.0 Å². The highest BCUT2D eigenvalue weighted by Crippen LogP contribution is 2.16. The average Bonchev–Trinajstić information content (AvgIpc) is 2.55. The summed E-state index contributed by atoms with van der Waals surface area (Å²) in [6.07, 6.45) is 0. The van der Waals surface area contributed by atoms with Crippen molar-refractivity contribution in [1.29, 1.82) is 0 Å². The Bertz CT molecular complexity index is 907. The van der Waals surface area contributed by atoms with E-state index in [1.54, 1.807) is 0 Å². The summed E-state index contributed by atoms with van der Waals surface area (Å²) >= 11 is 5.17. The zero-order valence-corrected chi connectivity index (χ0v) is 13.8. The van der Waals surface area contributed by atoms with E-state index >= 15 is 0 Å². The molecule has 0 saturated carbocycles. The van der Waals surface area contributed by atoms with Crippen molar-refractivity contribution in [3.05, 3.63) is 60.3 Å². The molecule has 0 saturated heterocycles. The first-order valence-corrected chi connectivity index (χ1v) is 7.73. The van der Waals surface area contributed by atoms with Crippen LogP contribution in [0.3, 0.4) is 0 Å². The quantitative estimate of drug-likeness (QED) is 0.379. The monoisotopic (exact) mass is 336 g/mol. The summed E-state index contributed by atoms with van der Waals surface area (Å²) in [5.74, 6) is 0.507. The molecular formula is C17H16N6S. The maximum absolute atomic E-state index is 5.89. The van der Waals surface area contributed by atoms with E-state index < -0.39 is 0 Å². The zero-order valence-electron chi connectivity index (χ0n) is 13.0. The number of hydrogen-bond acceptors (Lipinski definition) is 3. The van der Waals surface area contributed by atoms with Gasteiger partial charge in [0.15, 0.2) is 0 Å². The molecule has 1 aromatic heterocycles. The number of nitrogens with zero attached hydrogens (tertiary/aromatic N) is 3. The Labute approximate surface area is 144 Å². The van der Waals surface area contributed by atoms with Crippen LogP contribution in [0.2, 0.25) is 0 Å². The highest BCUT2D eigenvalue weighted by Gasteiger charge is 2.05. The van der Waals surface area contributed by atoms with Crippen LogP contribution in [0.1, 0.15) is 5.69 Å². The number of guanidine groups is 1. The van der Waals surface area contributed by atoms with Gasteiger partial charge in [-0.1, -0.05) is 36.4 Å². The van der Waals surface area contributed by atoms with Crippen molar-refractivity contribution in [2.75, 3.05) is 10.6 Å². The number of aromatic nitrogens is 2. The lowest BCUT2D eigenvalue weighted by molar-refractivity contribution is 1.15. The summed E-state index contributed by atoms with van der Waals surface area (Å²) < 4.78 is 0. The Morgan fingerprint density at radius 1 is 1.00 bits per heavy atom. The van der Waals surface area contributed by atoms with Crippen molar-refractivity contribution in [2.45, 2.75) is 6.92 Å². The Balaban J connectivity index is 1.74. The fourth-order valence-corrected chi connectivity index (χ4v) is 2.43. The normalized spacial score (nSPS) is 11.3. The summed E-state index contributed by atoms with van der Waals surface area (Å²) in [5.41, 5.74) is 8.43. The number of nitrogens with one attached hydrogen (secondary N) is 2. The van der Waals surface area contributed by atoms with E-state index in [1.165, 1.54) is 0 Å². The average molecular weight is 336 g/mol. The second kappa shape index (κ2) is 7.01. The molecule has 0 unspecified atom stereocenters. The Morgan fingerprint density at radius 3 is 2.50 bits per heavy atom. The van der Waals surface area contributed by atoms with E-state index in [4.69, 9.17) is 18.0 Å². The predicted molar refractivity (Wildman–Crippen MR) is 102 cm³/mol. The van der Waals surface area contributed by atoms with Gasteiger partial charge in [0.25, 0.3) is 0 Å². The predicted octanol–water partition coefficient (Wildman–Crippen LogP) is 3.06. The molecule has 0 radical (unpaired) electrons.